The molecule has 3 N–H and O–H groups in total. The lowest BCUT2D eigenvalue weighted by Gasteiger charge is -2.21. The number of rotatable bonds is 82. The lowest BCUT2D eigenvalue weighted by molar-refractivity contribution is -0.161. The molecule has 0 aromatic rings. The number of esters is 4. The maximum absolute atomic E-state index is 13.1. The molecule has 0 bridgehead atoms. The van der Waals surface area contributed by atoms with Crippen molar-refractivity contribution in [1.82, 2.24) is 0 Å². The largest absolute Gasteiger partial charge is 0.472 e. The van der Waals surface area contributed by atoms with Crippen molar-refractivity contribution in [3.63, 3.8) is 0 Å². The fraction of sp³-hybridized carbons (Fsp3) is 0.859. The van der Waals surface area contributed by atoms with Crippen molar-refractivity contribution in [3.8, 4) is 0 Å². The van der Waals surface area contributed by atoms with Crippen molar-refractivity contribution in [1.29, 1.82) is 0 Å². The van der Waals surface area contributed by atoms with Gasteiger partial charge in [-0.3, -0.25) is 37.3 Å². The molecule has 104 heavy (non-hydrogen) atoms. The monoisotopic (exact) mass is 1510 g/mol. The van der Waals surface area contributed by atoms with Gasteiger partial charge in [0.25, 0.3) is 0 Å². The number of unbranched alkanes of at least 4 members (excludes halogenated alkanes) is 48. The smallest absolute Gasteiger partial charge is 0.462 e. The number of carbonyl (C=O) groups is 4. The Morgan fingerprint density at radius 3 is 0.760 bits per heavy atom. The molecule has 610 valence electrons. The zero-order valence-electron chi connectivity index (χ0n) is 67.0. The zero-order valence-corrected chi connectivity index (χ0v) is 68.8. The summed E-state index contributed by atoms with van der Waals surface area (Å²) in [6.45, 7) is 4.92. The highest BCUT2D eigenvalue weighted by Crippen LogP contribution is 2.45. The molecule has 5 atom stereocenters. The molecule has 0 aromatic heterocycles. The standard InChI is InChI=1S/C85H158O17P2/c1-5-9-13-17-21-25-29-33-37-39-43-47-51-55-59-63-67-71-84(89)101-80(75-95-82(87)69-65-61-57-53-49-45-41-35-31-27-23-19-15-11-7-3)77-99-103(91,92)97-73-79(86)74-98-104(93,94)100-78-81(76-96-83(88)70-66-62-58-54-50-46-42-36-32-28-24-20-16-12-8-4)102-85(90)72-68-64-60-56-52-48-44-40-38-34-30-26-22-18-14-10-6-2/h21,25,33,37,43,47,55,59,79-81,86H,5-20,22-24,26-32,34-36,38-42,44-46,48-54,56-58,60-78H2,1-4H3,(H,91,92)(H,93,94)/b25-21-,37-33-,47-43-,59-55-/t79-,80+,81+/m0/s1. The molecule has 0 aliphatic rings. The van der Waals surface area contributed by atoms with Crippen LogP contribution in [0.3, 0.4) is 0 Å². The number of aliphatic hydroxyl groups is 1. The van der Waals surface area contributed by atoms with Crippen LogP contribution in [-0.4, -0.2) is 96.7 Å². The van der Waals surface area contributed by atoms with Crippen LogP contribution in [0.4, 0.5) is 0 Å². The summed E-state index contributed by atoms with van der Waals surface area (Å²) in [5.41, 5.74) is 0. The Morgan fingerprint density at radius 1 is 0.269 bits per heavy atom. The maximum Gasteiger partial charge on any atom is 0.472 e. The average molecular weight is 1510 g/mol. The molecule has 17 nitrogen and oxygen atoms in total. The van der Waals surface area contributed by atoms with Crippen molar-refractivity contribution in [2.45, 2.75) is 431 Å². The molecule has 0 rings (SSSR count). The summed E-state index contributed by atoms with van der Waals surface area (Å²) in [6.07, 6.45) is 77.9. The second-order valence-corrected chi connectivity index (χ2v) is 32.1. The summed E-state index contributed by atoms with van der Waals surface area (Å²) < 4.78 is 68.8. The van der Waals surface area contributed by atoms with E-state index in [9.17, 15) is 43.2 Å². The van der Waals surface area contributed by atoms with Crippen LogP contribution in [0, 0.1) is 0 Å². The summed E-state index contributed by atoms with van der Waals surface area (Å²) in [7, 11) is -9.96. The number of carbonyl (C=O) groups excluding carboxylic acids is 4. The molecule has 0 amide bonds. The molecule has 0 aliphatic heterocycles. The Hall–Kier alpha value is -2.98. The van der Waals surface area contributed by atoms with E-state index in [0.29, 0.717) is 32.1 Å². The van der Waals surface area contributed by atoms with E-state index in [0.717, 1.165) is 89.9 Å². The van der Waals surface area contributed by atoms with Gasteiger partial charge < -0.3 is 33.8 Å². The molecule has 0 aromatic carbocycles. The first-order valence-corrected chi connectivity index (χ1v) is 45.9. The van der Waals surface area contributed by atoms with E-state index in [1.165, 1.54) is 238 Å². The van der Waals surface area contributed by atoms with E-state index in [1.807, 2.05) is 12.2 Å². The fourth-order valence-corrected chi connectivity index (χ4v) is 13.9. The molecule has 0 radical (unpaired) electrons. The van der Waals surface area contributed by atoms with E-state index in [4.69, 9.17) is 37.0 Å². The van der Waals surface area contributed by atoms with Crippen LogP contribution in [0.25, 0.3) is 0 Å². The third kappa shape index (κ3) is 77.2. The van der Waals surface area contributed by atoms with Crippen molar-refractivity contribution >= 4 is 39.5 Å². The number of phosphoric ester groups is 2. The van der Waals surface area contributed by atoms with Crippen LogP contribution in [0.1, 0.15) is 413 Å². The number of hydrogen-bond donors (Lipinski definition) is 3. The van der Waals surface area contributed by atoms with E-state index in [2.05, 4.69) is 64.2 Å². The summed E-state index contributed by atoms with van der Waals surface area (Å²) in [5.74, 6) is -2.19. The molecule has 0 fully saturated rings. The molecule has 0 aliphatic carbocycles. The van der Waals surface area contributed by atoms with Gasteiger partial charge >= 0.3 is 39.5 Å². The highest BCUT2D eigenvalue weighted by molar-refractivity contribution is 7.47. The SMILES string of the molecule is CCCCC/C=C\C/C=C\C/C=C\C/C=C\CCCC(=O)O[C@H](COC(=O)CCCCCCCCCCCCCCCCC)COP(=O)(O)OC[C@H](O)COP(=O)(O)OC[C@@H](COC(=O)CCCCCCCCCCCCCCCCC)OC(=O)CCCCCCCCCCCCCCCCCCC. The first-order valence-electron chi connectivity index (χ1n) is 42.9. The van der Waals surface area contributed by atoms with Gasteiger partial charge in [-0.15, -0.1) is 0 Å². The average Bonchev–Trinajstić information content (AvgIpc) is 0.907. The predicted molar refractivity (Wildman–Crippen MR) is 427 cm³/mol. The Kier molecular flexibility index (Phi) is 75.9. The van der Waals surface area contributed by atoms with Crippen LogP contribution in [0.5, 0.6) is 0 Å². The minimum Gasteiger partial charge on any atom is -0.462 e. The second-order valence-electron chi connectivity index (χ2n) is 29.2. The zero-order chi connectivity index (χ0) is 76.0. The van der Waals surface area contributed by atoms with Gasteiger partial charge in [0.2, 0.25) is 0 Å². The third-order valence-electron chi connectivity index (χ3n) is 18.8. The predicted octanol–water partition coefficient (Wildman–Crippen LogP) is 25.2. The summed E-state index contributed by atoms with van der Waals surface area (Å²) in [4.78, 5) is 73.2. The van der Waals surface area contributed by atoms with Gasteiger partial charge in [-0.2, -0.15) is 0 Å². The minimum absolute atomic E-state index is 0.0258. The van der Waals surface area contributed by atoms with Gasteiger partial charge in [0.1, 0.15) is 19.3 Å². The van der Waals surface area contributed by atoms with Gasteiger partial charge in [-0.1, -0.05) is 372 Å². The number of aliphatic hydroxyl groups excluding tert-OH is 1. The van der Waals surface area contributed by atoms with Crippen molar-refractivity contribution in [2.75, 3.05) is 39.6 Å². The van der Waals surface area contributed by atoms with Gasteiger partial charge in [0.05, 0.1) is 26.4 Å². The van der Waals surface area contributed by atoms with Crippen molar-refractivity contribution in [2.24, 2.45) is 0 Å². The fourth-order valence-electron chi connectivity index (χ4n) is 12.3. The first kappa shape index (κ1) is 101. The minimum atomic E-state index is -4.98. The first-order chi connectivity index (χ1) is 50.7. The van der Waals surface area contributed by atoms with Crippen LogP contribution < -0.4 is 0 Å². The molecular formula is C85H158O17P2. The molecule has 0 spiro atoms. The highest BCUT2D eigenvalue weighted by atomic mass is 31.2. The van der Waals surface area contributed by atoms with Gasteiger partial charge in [-0.25, -0.2) is 9.13 Å². The topological polar surface area (TPSA) is 237 Å². The Bertz CT molecular complexity index is 2150. The second kappa shape index (κ2) is 78.2. The van der Waals surface area contributed by atoms with Gasteiger partial charge in [-0.05, 0) is 64.2 Å². The quantitative estimate of drug-likeness (QED) is 0.0169. The molecule has 2 unspecified atom stereocenters. The van der Waals surface area contributed by atoms with Crippen LogP contribution in [-0.2, 0) is 65.4 Å². The summed E-state index contributed by atoms with van der Waals surface area (Å²) in [6, 6.07) is 0. The molecular weight excluding hydrogens is 1350 g/mol. The number of hydrogen-bond acceptors (Lipinski definition) is 15. The van der Waals surface area contributed by atoms with E-state index in [-0.39, 0.29) is 25.7 Å². The maximum atomic E-state index is 13.1. The van der Waals surface area contributed by atoms with Crippen molar-refractivity contribution < 1.29 is 80.2 Å². The van der Waals surface area contributed by atoms with E-state index >= 15 is 0 Å². The number of allylic oxidation sites excluding steroid dienone is 8. The summed E-state index contributed by atoms with van der Waals surface area (Å²) in [5, 5.41) is 10.7. The van der Waals surface area contributed by atoms with E-state index in [1.54, 1.807) is 0 Å². The summed E-state index contributed by atoms with van der Waals surface area (Å²) >= 11 is 0. The Morgan fingerprint density at radius 2 is 0.481 bits per heavy atom. The van der Waals surface area contributed by atoms with E-state index < -0.39 is 97.5 Å². The van der Waals surface area contributed by atoms with Crippen LogP contribution >= 0.6 is 15.6 Å². The van der Waals surface area contributed by atoms with Crippen molar-refractivity contribution in [3.05, 3.63) is 48.6 Å². The Labute approximate surface area is 636 Å². The lowest BCUT2D eigenvalue weighted by atomic mass is 10.0. The molecule has 0 heterocycles. The van der Waals surface area contributed by atoms with Crippen LogP contribution in [0.15, 0.2) is 48.6 Å². The third-order valence-corrected chi connectivity index (χ3v) is 20.7. The Balaban J connectivity index is 5.36. The number of phosphoric acid groups is 2. The van der Waals surface area contributed by atoms with Crippen LogP contribution in [0.2, 0.25) is 0 Å². The van der Waals surface area contributed by atoms with Gasteiger partial charge in [0, 0.05) is 25.7 Å². The highest BCUT2D eigenvalue weighted by Gasteiger charge is 2.30. The number of ether oxygens (including phenoxy) is 4. The molecule has 0 saturated carbocycles. The van der Waals surface area contributed by atoms with Gasteiger partial charge in [0.15, 0.2) is 12.2 Å². The normalized spacial score (nSPS) is 14.0. The molecule has 0 saturated heterocycles. The lowest BCUT2D eigenvalue weighted by Crippen LogP contribution is -2.30. The molecule has 19 heteroatoms.